The molecular weight excluding hydrogens is 464 g/mol. The van der Waals surface area contributed by atoms with Crippen molar-refractivity contribution in [1.29, 1.82) is 0 Å². The maximum absolute atomic E-state index is 13.8. The largest absolute Gasteiger partial charge is 0.352 e. The number of carbonyl (C=O) groups excluding carboxylic acids is 2. The molecular formula is C24H31F2N3O4S. The van der Waals surface area contributed by atoms with Crippen molar-refractivity contribution >= 4 is 27.5 Å². The number of rotatable bonds is 10. The van der Waals surface area contributed by atoms with Crippen LogP contribution in [-0.2, 0) is 26.2 Å². The van der Waals surface area contributed by atoms with Crippen LogP contribution in [-0.4, -0.2) is 50.0 Å². The molecule has 0 saturated carbocycles. The number of amides is 2. The Labute approximate surface area is 199 Å². The quantitative estimate of drug-likeness (QED) is 0.548. The zero-order valence-electron chi connectivity index (χ0n) is 20.0. The second kappa shape index (κ2) is 11.4. The molecule has 1 N–H and O–H groups in total. The zero-order chi connectivity index (χ0) is 25.6. The van der Waals surface area contributed by atoms with E-state index in [2.05, 4.69) is 5.32 Å². The molecule has 0 spiro atoms. The number of benzene rings is 2. The smallest absolute Gasteiger partial charge is 0.244 e. The predicted octanol–water partition coefficient (Wildman–Crippen LogP) is 3.37. The Morgan fingerprint density at radius 3 is 2.29 bits per heavy atom. The lowest BCUT2D eigenvalue weighted by molar-refractivity contribution is -0.139. The number of nitrogens with one attached hydrogen (secondary N) is 1. The first-order valence-electron chi connectivity index (χ1n) is 10.9. The van der Waals surface area contributed by atoms with Crippen LogP contribution < -0.4 is 9.62 Å². The molecule has 0 saturated heterocycles. The summed E-state index contributed by atoms with van der Waals surface area (Å²) in [6, 6.07) is 8.95. The van der Waals surface area contributed by atoms with Gasteiger partial charge in [0.05, 0.1) is 11.9 Å². The molecule has 34 heavy (non-hydrogen) atoms. The van der Waals surface area contributed by atoms with E-state index in [1.807, 2.05) is 39.0 Å². The minimum absolute atomic E-state index is 0.0605. The summed E-state index contributed by atoms with van der Waals surface area (Å²) < 4.78 is 52.8. The minimum atomic E-state index is -4.03. The van der Waals surface area contributed by atoms with E-state index in [0.717, 1.165) is 29.5 Å². The van der Waals surface area contributed by atoms with E-state index in [1.54, 1.807) is 13.0 Å². The van der Waals surface area contributed by atoms with Gasteiger partial charge in [-0.05, 0) is 44.9 Å². The average molecular weight is 496 g/mol. The van der Waals surface area contributed by atoms with Crippen LogP contribution in [0.1, 0.15) is 38.3 Å². The van der Waals surface area contributed by atoms with Crippen LogP contribution in [0.4, 0.5) is 14.5 Å². The fourth-order valence-electron chi connectivity index (χ4n) is 3.31. The van der Waals surface area contributed by atoms with E-state index in [0.29, 0.717) is 16.8 Å². The molecule has 0 heterocycles. The first-order valence-corrected chi connectivity index (χ1v) is 12.8. The van der Waals surface area contributed by atoms with Crippen LogP contribution in [0.2, 0.25) is 0 Å². The molecule has 2 atom stereocenters. The predicted molar refractivity (Wildman–Crippen MR) is 128 cm³/mol. The Morgan fingerprint density at radius 1 is 1.06 bits per heavy atom. The maximum atomic E-state index is 13.8. The van der Waals surface area contributed by atoms with Crippen molar-refractivity contribution in [3.05, 3.63) is 65.2 Å². The van der Waals surface area contributed by atoms with Crippen LogP contribution >= 0.6 is 0 Å². The molecule has 0 aliphatic heterocycles. The van der Waals surface area contributed by atoms with Gasteiger partial charge in [-0.25, -0.2) is 17.2 Å². The van der Waals surface area contributed by atoms with Crippen molar-refractivity contribution in [2.75, 3.05) is 17.1 Å². The minimum Gasteiger partial charge on any atom is -0.352 e. The number of nitrogens with zero attached hydrogens (tertiary/aromatic N) is 2. The van der Waals surface area contributed by atoms with Crippen LogP contribution in [0, 0.1) is 18.6 Å². The summed E-state index contributed by atoms with van der Waals surface area (Å²) in [5.74, 6) is -3.42. The standard InChI is InChI=1S/C24H31F2N3O4S/c1-6-17(3)27-24(31)18(4)28(14-19-9-7-8-16(2)12-19)23(30)15-29(34(5,32)33)20-10-11-21(25)22(26)13-20/h7-13,17-18H,6,14-15H2,1-5H3,(H,27,31)/t17-,18-/m0/s1. The molecule has 0 radical (unpaired) electrons. The summed E-state index contributed by atoms with van der Waals surface area (Å²) in [6.45, 7) is 6.58. The van der Waals surface area contributed by atoms with Gasteiger partial charge in [-0.15, -0.1) is 0 Å². The van der Waals surface area contributed by atoms with E-state index < -0.39 is 40.2 Å². The van der Waals surface area contributed by atoms with E-state index in [-0.39, 0.29) is 24.2 Å². The van der Waals surface area contributed by atoms with E-state index >= 15 is 0 Å². The molecule has 0 aliphatic carbocycles. The zero-order valence-corrected chi connectivity index (χ0v) is 20.8. The van der Waals surface area contributed by atoms with E-state index in [4.69, 9.17) is 0 Å². The fourth-order valence-corrected chi connectivity index (χ4v) is 4.15. The van der Waals surface area contributed by atoms with E-state index in [9.17, 15) is 26.8 Å². The molecule has 0 aliphatic rings. The third kappa shape index (κ3) is 7.24. The molecule has 0 bridgehead atoms. The monoisotopic (exact) mass is 495 g/mol. The lowest BCUT2D eigenvalue weighted by Crippen LogP contribution is -2.52. The second-order valence-electron chi connectivity index (χ2n) is 8.37. The summed E-state index contributed by atoms with van der Waals surface area (Å²) in [6.07, 6.45) is 1.56. The molecule has 7 nitrogen and oxygen atoms in total. The number of hydrogen-bond acceptors (Lipinski definition) is 4. The SMILES string of the molecule is CC[C@H](C)NC(=O)[C@H](C)N(Cc1cccc(C)c1)C(=O)CN(c1ccc(F)c(F)c1)S(C)(=O)=O. The van der Waals surface area contributed by atoms with Crippen molar-refractivity contribution in [1.82, 2.24) is 10.2 Å². The Kier molecular flexibility index (Phi) is 9.14. The molecule has 0 fully saturated rings. The third-order valence-electron chi connectivity index (χ3n) is 5.47. The highest BCUT2D eigenvalue weighted by Gasteiger charge is 2.30. The first-order chi connectivity index (χ1) is 15.8. The van der Waals surface area contributed by atoms with Gasteiger partial charge in [-0.2, -0.15) is 0 Å². The first kappa shape index (κ1) is 27.2. The van der Waals surface area contributed by atoms with Crippen LogP contribution in [0.5, 0.6) is 0 Å². The highest BCUT2D eigenvalue weighted by atomic mass is 32.2. The van der Waals surface area contributed by atoms with Crippen LogP contribution in [0.3, 0.4) is 0 Å². The topological polar surface area (TPSA) is 86.8 Å². The molecule has 186 valence electrons. The summed E-state index contributed by atoms with van der Waals surface area (Å²) in [4.78, 5) is 27.5. The molecule has 2 amide bonds. The molecule has 2 aromatic rings. The third-order valence-corrected chi connectivity index (χ3v) is 6.61. The van der Waals surface area contributed by atoms with Gasteiger partial charge in [0.25, 0.3) is 0 Å². The summed E-state index contributed by atoms with van der Waals surface area (Å²) in [7, 11) is -4.03. The van der Waals surface area contributed by atoms with Crippen LogP contribution in [0.15, 0.2) is 42.5 Å². The number of anilines is 1. The van der Waals surface area contributed by atoms with Crippen molar-refractivity contribution in [2.45, 2.75) is 52.7 Å². The average Bonchev–Trinajstić information content (AvgIpc) is 2.76. The van der Waals surface area contributed by atoms with Crippen molar-refractivity contribution in [2.24, 2.45) is 0 Å². The Balaban J connectivity index is 2.41. The number of hydrogen-bond donors (Lipinski definition) is 1. The van der Waals surface area contributed by atoms with Gasteiger partial charge >= 0.3 is 0 Å². The highest BCUT2D eigenvalue weighted by Crippen LogP contribution is 2.21. The normalized spacial score (nSPS) is 13.1. The van der Waals surface area contributed by atoms with Gasteiger partial charge in [-0.3, -0.25) is 13.9 Å². The van der Waals surface area contributed by atoms with Gasteiger partial charge in [0.15, 0.2) is 11.6 Å². The molecule has 0 unspecified atom stereocenters. The lowest BCUT2D eigenvalue weighted by atomic mass is 10.1. The number of sulfonamides is 1. The number of aryl methyl sites for hydroxylation is 1. The summed E-state index contributed by atoms with van der Waals surface area (Å²) in [5.41, 5.74) is 1.53. The highest BCUT2D eigenvalue weighted by molar-refractivity contribution is 7.92. The summed E-state index contributed by atoms with van der Waals surface area (Å²) >= 11 is 0. The van der Waals surface area contributed by atoms with Gasteiger partial charge < -0.3 is 10.2 Å². The molecule has 2 rings (SSSR count). The summed E-state index contributed by atoms with van der Waals surface area (Å²) in [5, 5.41) is 2.83. The van der Waals surface area contributed by atoms with E-state index in [1.165, 1.54) is 4.90 Å². The van der Waals surface area contributed by atoms with Crippen molar-refractivity contribution in [3.63, 3.8) is 0 Å². The molecule has 0 aromatic heterocycles. The Bertz CT molecular complexity index is 1140. The maximum Gasteiger partial charge on any atom is 0.244 e. The Hall–Kier alpha value is -3.01. The van der Waals surface area contributed by atoms with Gasteiger partial charge in [0, 0.05) is 18.7 Å². The number of carbonyl (C=O) groups is 2. The van der Waals surface area contributed by atoms with Crippen molar-refractivity contribution < 1.29 is 26.8 Å². The lowest BCUT2D eigenvalue weighted by Gasteiger charge is -2.32. The van der Waals surface area contributed by atoms with Gasteiger partial charge in [-0.1, -0.05) is 36.8 Å². The molecule has 2 aromatic carbocycles. The van der Waals surface area contributed by atoms with Crippen LogP contribution in [0.25, 0.3) is 0 Å². The number of halogens is 2. The van der Waals surface area contributed by atoms with Gasteiger partial charge in [0.1, 0.15) is 12.6 Å². The second-order valence-corrected chi connectivity index (χ2v) is 10.3. The van der Waals surface area contributed by atoms with Crippen molar-refractivity contribution in [3.8, 4) is 0 Å². The van der Waals surface area contributed by atoms with Gasteiger partial charge in [0.2, 0.25) is 21.8 Å². The fraction of sp³-hybridized carbons (Fsp3) is 0.417. The molecule has 10 heteroatoms. The Morgan fingerprint density at radius 2 is 1.74 bits per heavy atom.